The van der Waals surface area contributed by atoms with Crippen LogP contribution in [-0.4, -0.2) is 37.2 Å². The van der Waals surface area contributed by atoms with Gasteiger partial charge in [-0.05, 0) is 18.6 Å². The van der Waals surface area contributed by atoms with Crippen LogP contribution in [0.1, 0.15) is 12.8 Å². The van der Waals surface area contributed by atoms with E-state index in [1.165, 1.54) is 7.11 Å². The molecule has 2 aromatic rings. The van der Waals surface area contributed by atoms with Crippen molar-refractivity contribution in [2.24, 2.45) is 0 Å². The molecule has 0 bridgehead atoms. The van der Waals surface area contributed by atoms with Crippen LogP contribution in [-0.2, 0) is 19.6 Å². The van der Waals surface area contributed by atoms with Gasteiger partial charge in [0.2, 0.25) is 16.0 Å². The number of para-hydroxylation sites is 2. The Labute approximate surface area is 116 Å². The fourth-order valence-electron chi connectivity index (χ4n) is 1.71. The SMILES string of the molecule is COC(=O)CCCS(=O)(=O)Nc1nc2ccccc2[nH]1. The summed E-state index contributed by atoms with van der Waals surface area (Å²) in [6.45, 7) is 0. The van der Waals surface area contributed by atoms with Crippen LogP contribution < -0.4 is 4.72 Å². The van der Waals surface area contributed by atoms with Gasteiger partial charge in [0, 0.05) is 6.42 Å². The number of rotatable bonds is 6. The topological polar surface area (TPSA) is 101 Å². The lowest BCUT2D eigenvalue weighted by Gasteiger charge is -2.04. The van der Waals surface area contributed by atoms with Crippen molar-refractivity contribution in [3.05, 3.63) is 24.3 Å². The van der Waals surface area contributed by atoms with Crippen LogP contribution in [0.15, 0.2) is 24.3 Å². The van der Waals surface area contributed by atoms with Crippen molar-refractivity contribution in [1.82, 2.24) is 9.97 Å². The summed E-state index contributed by atoms with van der Waals surface area (Å²) in [4.78, 5) is 17.9. The van der Waals surface area contributed by atoms with Gasteiger partial charge in [-0.2, -0.15) is 0 Å². The van der Waals surface area contributed by atoms with Crippen LogP contribution in [0, 0.1) is 0 Å². The zero-order valence-corrected chi connectivity index (χ0v) is 11.7. The number of benzene rings is 1. The van der Waals surface area contributed by atoms with Crippen molar-refractivity contribution in [3.8, 4) is 0 Å². The number of nitrogens with one attached hydrogen (secondary N) is 2. The molecule has 8 heteroatoms. The molecule has 0 amide bonds. The molecular weight excluding hydrogens is 282 g/mol. The Hall–Kier alpha value is -2.09. The number of imidazole rings is 1. The molecule has 0 aliphatic rings. The number of nitrogens with zero attached hydrogens (tertiary/aromatic N) is 1. The van der Waals surface area contributed by atoms with Gasteiger partial charge >= 0.3 is 5.97 Å². The number of fused-ring (bicyclic) bond motifs is 1. The molecule has 0 spiro atoms. The number of esters is 1. The molecular formula is C12H15N3O4S. The van der Waals surface area contributed by atoms with E-state index in [1.807, 2.05) is 12.1 Å². The lowest BCUT2D eigenvalue weighted by Crippen LogP contribution is -2.18. The smallest absolute Gasteiger partial charge is 0.305 e. The number of methoxy groups -OCH3 is 1. The molecule has 0 aliphatic carbocycles. The van der Waals surface area contributed by atoms with Crippen molar-refractivity contribution in [3.63, 3.8) is 0 Å². The molecule has 0 aliphatic heterocycles. The highest BCUT2D eigenvalue weighted by Crippen LogP contribution is 2.14. The van der Waals surface area contributed by atoms with Crippen LogP contribution in [0.5, 0.6) is 0 Å². The minimum Gasteiger partial charge on any atom is -0.469 e. The fourth-order valence-corrected chi connectivity index (χ4v) is 2.73. The van der Waals surface area contributed by atoms with Gasteiger partial charge in [-0.15, -0.1) is 0 Å². The standard InChI is InChI=1S/C12H15N3O4S/c1-19-11(16)7-4-8-20(17,18)15-12-13-9-5-2-3-6-10(9)14-12/h2-3,5-6H,4,7-8H2,1H3,(H2,13,14,15). The highest BCUT2D eigenvalue weighted by atomic mass is 32.2. The third-order valence-electron chi connectivity index (χ3n) is 2.66. The van der Waals surface area contributed by atoms with Gasteiger partial charge in [-0.25, -0.2) is 13.4 Å². The monoisotopic (exact) mass is 297 g/mol. The Morgan fingerprint density at radius 1 is 1.40 bits per heavy atom. The summed E-state index contributed by atoms with van der Waals surface area (Å²) in [5.74, 6) is -0.424. The Morgan fingerprint density at radius 3 is 2.85 bits per heavy atom. The van der Waals surface area contributed by atoms with E-state index in [2.05, 4.69) is 19.4 Å². The summed E-state index contributed by atoms with van der Waals surface area (Å²) < 4.78 is 30.5. The summed E-state index contributed by atoms with van der Waals surface area (Å²) in [5.41, 5.74) is 1.43. The van der Waals surface area contributed by atoms with Crippen LogP contribution in [0.2, 0.25) is 0 Å². The second-order valence-corrected chi connectivity index (χ2v) is 6.05. The minimum atomic E-state index is -3.54. The third-order valence-corrected chi connectivity index (χ3v) is 3.99. The second-order valence-electron chi connectivity index (χ2n) is 4.20. The maximum absolute atomic E-state index is 11.8. The molecule has 7 nitrogen and oxygen atoms in total. The molecule has 0 atom stereocenters. The van der Waals surface area contributed by atoms with Crippen LogP contribution in [0.4, 0.5) is 5.95 Å². The first kappa shape index (κ1) is 14.3. The maximum Gasteiger partial charge on any atom is 0.305 e. The molecule has 2 rings (SSSR count). The number of hydrogen-bond donors (Lipinski definition) is 2. The number of carbonyl (C=O) groups is 1. The van der Waals surface area contributed by atoms with E-state index in [0.29, 0.717) is 5.52 Å². The Balaban J connectivity index is 1.99. The second kappa shape index (κ2) is 5.91. The van der Waals surface area contributed by atoms with E-state index in [4.69, 9.17) is 0 Å². The highest BCUT2D eigenvalue weighted by Gasteiger charge is 2.14. The van der Waals surface area contributed by atoms with E-state index in [1.54, 1.807) is 12.1 Å². The van der Waals surface area contributed by atoms with Crippen molar-refractivity contribution in [2.45, 2.75) is 12.8 Å². The average Bonchev–Trinajstić information content (AvgIpc) is 2.79. The molecule has 0 saturated carbocycles. The van der Waals surface area contributed by atoms with Crippen molar-refractivity contribution >= 4 is 33.0 Å². The first-order valence-corrected chi connectivity index (χ1v) is 7.67. The number of sulfonamides is 1. The predicted octanol–water partition coefficient (Wildman–Crippen LogP) is 1.26. The summed E-state index contributed by atoms with van der Waals surface area (Å²) >= 11 is 0. The molecule has 0 saturated heterocycles. The van der Waals surface area contributed by atoms with Gasteiger partial charge in [0.1, 0.15) is 0 Å². The molecule has 0 fully saturated rings. The normalized spacial score (nSPS) is 11.4. The molecule has 108 valence electrons. The molecule has 1 aromatic heterocycles. The Kier molecular flexibility index (Phi) is 4.23. The van der Waals surface area contributed by atoms with E-state index in [9.17, 15) is 13.2 Å². The number of hydrogen-bond acceptors (Lipinski definition) is 5. The first-order chi connectivity index (χ1) is 9.50. The fraction of sp³-hybridized carbons (Fsp3) is 0.333. The largest absolute Gasteiger partial charge is 0.469 e. The highest BCUT2D eigenvalue weighted by molar-refractivity contribution is 7.92. The number of carbonyl (C=O) groups excluding carboxylic acids is 1. The quantitative estimate of drug-likeness (QED) is 0.782. The summed E-state index contributed by atoms with van der Waals surface area (Å²) in [7, 11) is -2.27. The van der Waals surface area contributed by atoms with E-state index >= 15 is 0 Å². The van der Waals surface area contributed by atoms with E-state index < -0.39 is 16.0 Å². The summed E-state index contributed by atoms with van der Waals surface area (Å²) in [6, 6.07) is 7.23. The number of aromatic amines is 1. The van der Waals surface area contributed by atoms with Gasteiger partial charge in [0.15, 0.2) is 0 Å². The van der Waals surface area contributed by atoms with Gasteiger partial charge in [0.25, 0.3) is 0 Å². The number of anilines is 1. The molecule has 2 N–H and O–H groups in total. The zero-order chi connectivity index (χ0) is 14.6. The Morgan fingerprint density at radius 2 is 2.15 bits per heavy atom. The van der Waals surface area contributed by atoms with E-state index in [-0.39, 0.29) is 24.5 Å². The minimum absolute atomic E-state index is 0.0670. The summed E-state index contributed by atoms with van der Waals surface area (Å²) in [6.07, 6.45) is 0.264. The number of H-pyrrole nitrogens is 1. The Bertz CT molecular complexity index is 675. The third kappa shape index (κ3) is 3.70. The van der Waals surface area contributed by atoms with Gasteiger partial charge < -0.3 is 9.72 Å². The molecule has 20 heavy (non-hydrogen) atoms. The van der Waals surface area contributed by atoms with Crippen LogP contribution in [0.25, 0.3) is 11.0 Å². The van der Waals surface area contributed by atoms with Crippen molar-refractivity contribution in [2.75, 3.05) is 17.6 Å². The van der Waals surface area contributed by atoms with Crippen LogP contribution >= 0.6 is 0 Å². The average molecular weight is 297 g/mol. The van der Waals surface area contributed by atoms with Gasteiger partial charge in [-0.1, -0.05) is 12.1 Å². The van der Waals surface area contributed by atoms with Gasteiger partial charge in [0.05, 0.1) is 23.9 Å². The van der Waals surface area contributed by atoms with Crippen molar-refractivity contribution < 1.29 is 17.9 Å². The summed E-state index contributed by atoms with van der Waals surface area (Å²) in [5, 5.41) is 0. The maximum atomic E-state index is 11.8. The van der Waals surface area contributed by atoms with Gasteiger partial charge in [-0.3, -0.25) is 9.52 Å². The molecule has 1 aromatic carbocycles. The van der Waals surface area contributed by atoms with Crippen LogP contribution in [0.3, 0.4) is 0 Å². The first-order valence-electron chi connectivity index (χ1n) is 6.02. The predicted molar refractivity (Wildman–Crippen MR) is 74.8 cm³/mol. The lowest BCUT2D eigenvalue weighted by atomic mass is 10.3. The number of ether oxygens (including phenoxy) is 1. The lowest BCUT2D eigenvalue weighted by molar-refractivity contribution is -0.140. The van der Waals surface area contributed by atoms with Crippen molar-refractivity contribution in [1.29, 1.82) is 0 Å². The zero-order valence-electron chi connectivity index (χ0n) is 10.9. The molecule has 0 unspecified atom stereocenters. The van der Waals surface area contributed by atoms with E-state index in [0.717, 1.165) is 5.52 Å². The molecule has 1 heterocycles. The number of aromatic nitrogens is 2. The molecule has 0 radical (unpaired) electrons.